The number of esters is 1. The number of benzene rings is 3. The van der Waals surface area contributed by atoms with Crippen LogP contribution in [0.3, 0.4) is 0 Å². The molecule has 1 unspecified atom stereocenters. The fraction of sp³-hybridized carbons (Fsp3) is 0.258. The molecule has 0 bridgehead atoms. The summed E-state index contributed by atoms with van der Waals surface area (Å²) in [6.07, 6.45) is 3.37. The van der Waals surface area contributed by atoms with E-state index in [1.54, 1.807) is 28.9 Å². The van der Waals surface area contributed by atoms with Crippen LogP contribution in [-0.4, -0.2) is 42.4 Å². The predicted octanol–water partition coefficient (Wildman–Crippen LogP) is 6.44. The topological polar surface area (TPSA) is 66.9 Å². The first-order chi connectivity index (χ1) is 18.9. The Labute approximate surface area is 237 Å². The van der Waals surface area contributed by atoms with Gasteiger partial charge in [-0.1, -0.05) is 59.8 Å². The Kier molecular flexibility index (Phi) is 8.38. The van der Waals surface area contributed by atoms with Crippen molar-refractivity contribution in [3.05, 3.63) is 99.4 Å². The molecule has 8 heteroatoms. The number of piperidine rings is 1. The van der Waals surface area contributed by atoms with Gasteiger partial charge < -0.3 is 14.5 Å². The summed E-state index contributed by atoms with van der Waals surface area (Å²) in [6, 6.07) is 22.6. The summed E-state index contributed by atoms with van der Waals surface area (Å²) in [6.45, 7) is 3.52. The minimum Gasteiger partial charge on any atom is -0.466 e. The molecule has 3 aromatic rings. The van der Waals surface area contributed by atoms with E-state index in [0.717, 1.165) is 34.6 Å². The van der Waals surface area contributed by atoms with Gasteiger partial charge in [0.25, 0.3) is 11.8 Å². The van der Waals surface area contributed by atoms with Crippen molar-refractivity contribution in [2.75, 3.05) is 24.6 Å². The van der Waals surface area contributed by atoms with E-state index in [2.05, 4.69) is 0 Å². The lowest BCUT2D eigenvalue weighted by molar-refractivity contribution is -0.149. The van der Waals surface area contributed by atoms with Crippen LogP contribution in [0.15, 0.2) is 82.6 Å². The quantitative estimate of drug-likeness (QED) is 0.256. The third-order valence-electron chi connectivity index (χ3n) is 6.85. The Morgan fingerprint density at radius 1 is 1.08 bits per heavy atom. The fourth-order valence-electron chi connectivity index (χ4n) is 4.91. The number of anilines is 1. The number of halogens is 1. The summed E-state index contributed by atoms with van der Waals surface area (Å²) >= 11 is 7.63. The molecule has 2 amide bonds. The molecular formula is C31H29ClN2O4S. The smallest absolute Gasteiger partial charge is 0.310 e. The van der Waals surface area contributed by atoms with Gasteiger partial charge in [-0.3, -0.25) is 14.4 Å². The zero-order valence-electron chi connectivity index (χ0n) is 21.6. The number of ether oxygens (including phenoxy) is 1. The number of carbonyl (C=O) groups excluding carboxylic acids is 3. The van der Waals surface area contributed by atoms with Crippen molar-refractivity contribution in [2.24, 2.45) is 5.92 Å². The van der Waals surface area contributed by atoms with Crippen LogP contribution in [0.1, 0.15) is 41.3 Å². The number of amides is 2. The van der Waals surface area contributed by atoms with E-state index in [-0.39, 0.29) is 23.7 Å². The lowest BCUT2D eigenvalue weighted by Gasteiger charge is -2.31. The monoisotopic (exact) mass is 560 g/mol. The van der Waals surface area contributed by atoms with E-state index in [1.807, 2.05) is 66.7 Å². The molecular weight excluding hydrogens is 532 g/mol. The minimum absolute atomic E-state index is 0.0860. The molecule has 2 aliphatic rings. The van der Waals surface area contributed by atoms with Crippen LogP contribution < -0.4 is 4.90 Å². The maximum absolute atomic E-state index is 13.6. The molecule has 0 radical (unpaired) electrons. The van der Waals surface area contributed by atoms with Gasteiger partial charge in [0.2, 0.25) is 0 Å². The molecule has 0 aliphatic carbocycles. The summed E-state index contributed by atoms with van der Waals surface area (Å²) in [5, 5.41) is 0.631. The van der Waals surface area contributed by atoms with Crippen molar-refractivity contribution >= 4 is 52.9 Å². The number of rotatable bonds is 6. The number of hydrogen-bond donors (Lipinski definition) is 0. The van der Waals surface area contributed by atoms with Gasteiger partial charge in [0.15, 0.2) is 0 Å². The maximum Gasteiger partial charge on any atom is 0.310 e. The van der Waals surface area contributed by atoms with Gasteiger partial charge in [-0.05, 0) is 73.4 Å². The minimum atomic E-state index is -0.279. The van der Waals surface area contributed by atoms with E-state index in [4.69, 9.17) is 16.3 Å². The SMILES string of the molecule is CCOC(=O)C1CCCN(C(=O)c2ccc(C=C3Sc4ccccc4N(Cc4cccc(Cl)c4)C3=O)cc2)C1. The number of fused-ring (bicyclic) bond motifs is 1. The molecule has 2 aliphatic heterocycles. The van der Waals surface area contributed by atoms with E-state index in [1.165, 1.54) is 11.8 Å². The number of para-hydroxylation sites is 1. The predicted molar refractivity (Wildman–Crippen MR) is 155 cm³/mol. The lowest BCUT2D eigenvalue weighted by Crippen LogP contribution is -2.42. The van der Waals surface area contributed by atoms with Crippen molar-refractivity contribution in [2.45, 2.75) is 31.2 Å². The molecule has 39 heavy (non-hydrogen) atoms. The first-order valence-electron chi connectivity index (χ1n) is 13.0. The Morgan fingerprint density at radius 2 is 1.87 bits per heavy atom. The third kappa shape index (κ3) is 6.21. The highest BCUT2D eigenvalue weighted by Gasteiger charge is 2.31. The Morgan fingerprint density at radius 3 is 2.64 bits per heavy atom. The average molecular weight is 561 g/mol. The first kappa shape index (κ1) is 27.0. The highest BCUT2D eigenvalue weighted by molar-refractivity contribution is 8.04. The van der Waals surface area contributed by atoms with Crippen LogP contribution in [0.25, 0.3) is 6.08 Å². The van der Waals surface area contributed by atoms with E-state index in [0.29, 0.717) is 41.7 Å². The first-order valence-corrected chi connectivity index (χ1v) is 14.2. The van der Waals surface area contributed by atoms with Crippen molar-refractivity contribution in [1.82, 2.24) is 4.90 Å². The van der Waals surface area contributed by atoms with Crippen molar-refractivity contribution in [3.8, 4) is 0 Å². The van der Waals surface area contributed by atoms with Crippen molar-refractivity contribution in [1.29, 1.82) is 0 Å². The van der Waals surface area contributed by atoms with Crippen LogP contribution in [-0.2, 0) is 20.9 Å². The summed E-state index contributed by atoms with van der Waals surface area (Å²) in [5.41, 5.74) is 3.20. The van der Waals surface area contributed by atoms with E-state index >= 15 is 0 Å². The van der Waals surface area contributed by atoms with Gasteiger partial charge in [-0.25, -0.2) is 0 Å². The van der Waals surface area contributed by atoms with Gasteiger partial charge in [0.1, 0.15) is 0 Å². The molecule has 2 heterocycles. The van der Waals surface area contributed by atoms with Crippen molar-refractivity contribution in [3.63, 3.8) is 0 Å². The van der Waals surface area contributed by atoms with Gasteiger partial charge in [-0.15, -0.1) is 0 Å². The van der Waals surface area contributed by atoms with Gasteiger partial charge >= 0.3 is 5.97 Å². The molecule has 3 aromatic carbocycles. The number of hydrogen-bond acceptors (Lipinski definition) is 5. The molecule has 0 spiro atoms. The van der Waals surface area contributed by atoms with Crippen LogP contribution >= 0.6 is 23.4 Å². The van der Waals surface area contributed by atoms with Gasteiger partial charge in [-0.2, -0.15) is 0 Å². The summed E-state index contributed by atoms with van der Waals surface area (Å²) in [4.78, 5) is 44.0. The van der Waals surface area contributed by atoms with Gasteiger partial charge in [0, 0.05) is 28.6 Å². The third-order valence-corrected chi connectivity index (χ3v) is 8.16. The van der Waals surface area contributed by atoms with Crippen LogP contribution in [0.4, 0.5) is 5.69 Å². The summed E-state index contributed by atoms with van der Waals surface area (Å²) in [5.74, 6) is -0.707. The Bertz CT molecular complexity index is 1420. The Hall–Kier alpha value is -3.55. The molecule has 1 atom stereocenters. The summed E-state index contributed by atoms with van der Waals surface area (Å²) < 4.78 is 5.16. The van der Waals surface area contributed by atoms with E-state index < -0.39 is 0 Å². The Balaban J connectivity index is 1.34. The standard InChI is InChI=1S/C31H29ClN2O4S/c1-2-38-31(37)24-8-6-16-33(20-24)29(35)23-14-12-21(13-15-23)18-28-30(36)34(19-22-7-5-9-25(32)17-22)26-10-3-4-11-27(26)39-28/h3-5,7,9-15,17-18,24H,2,6,8,16,19-20H2,1H3. The highest BCUT2D eigenvalue weighted by Crippen LogP contribution is 2.42. The number of thioether (sulfide) groups is 1. The van der Waals surface area contributed by atoms with Crippen molar-refractivity contribution < 1.29 is 19.1 Å². The molecule has 6 nitrogen and oxygen atoms in total. The zero-order valence-corrected chi connectivity index (χ0v) is 23.2. The number of carbonyl (C=O) groups is 3. The second-order valence-corrected chi connectivity index (χ2v) is 11.1. The fourth-order valence-corrected chi connectivity index (χ4v) is 6.18. The molecule has 1 saturated heterocycles. The van der Waals surface area contributed by atoms with Crippen LogP contribution in [0.5, 0.6) is 0 Å². The molecule has 0 aromatic heterocycles. The summed E-state index contributed by atoms with van der Waals surface area (Å²) in [7, 11) is 0. The number of likely N-dealkylation sites (tertiary alicyclic amines) is 1. The van der Waals surface area contributed by atoms with Crippen LogP contribution in [0.2, 0.25) is 5.02 Å². The van der Waals surface area contributed by atoms with E-state index in [9.17, 15) is 14.4 Å². The maximum atomic E-state index is 13.6. The largest absolute Gasteiger partial charge is 0.466 e. The van der Waals surface area contributed by atoms with Crippen LogP contribution in [0, 0.1) is 5.92 Å². The zero-order chi connectivity index (χ0) is 27.4. The second-order valence-electron chi connectivity index (χ2n) is 9.56. The normalized spacial score (nSPS) is 18.2. The number of nitrogens with zero attached hydrogens (tertiary/aromatic N) is 2. The lowest BCUT2D eigenvalue weighted by atomic mass is 9.97. The molecule has 5 rings (SSSR count). The molecule has 1 fully saturated rings. The molecule has 0 saturated carbocycles. The second kappa shape index (κ2) is 12.1. The average Bonchev–Trinajstić information content (AvgIpc) is 2.95. The van der Waals surface area contributed by atoms with Gasteiger partial charge in [0.05, 0.1) is 29.7 Å². The molecule has 200 valence electrons. The molecule has 0 N–H and O–H groups in total. The highest BCUT2D eigenvalue weighted by atomic mass is 35.5.